The third-order valence-corrected chi connectivity index (χ3v) is 2.32. The number of nitrogens with two attached hydrogens (primary N) is 1. The first-order chi connectivity index (χ1) is 9.06. The molecule has 0 bridgehead atoms. The molecule has 0 heterocycles. The summed E-state index contributed by atoms with van der Waals surface area (Å²) in [6, 6.07) is 0. The molecule has 4 N–H and O–H groups in total. The smallest absolute Gasteiger partial charge is 1.00 e. The third-order valence-electron chi connectivity index (χ3n) is 2.32. The molecule has 0 aromatic carbocycles. The second-order valence-corrected chi connectivity index (χ2v) is 3.75. The van der Waals surface area contributed by atoms with Crippen molar-refractivity contribution in [3.8, 4) is 0 Å². The Labute approximate surface area is 140 Å². The topological polar surface area (TPSA) is 111 Å². The van der Waals surface area contributed by atoms with E-state index in [0.29, 0.717) is 17.6 Å². The average Bonchev–Trinajstić information content (AvgIpc) is 2.44. The molecule has 0 radical (unpaired) electrons. The van der Waals surface area contributed by atoms with Crippen molar-refractivity contribution in [2.45, 2.75) is 12.6 Å². The number of ether oxygens (including phenoxy) is 2. The molecule has 7 nitrogen and oxygen atoms in total. The van der Waals surface area contributed by atoms with E-state index < -0.39 is 18.2 Å². The fourth-order valence-electron chi connectivity index (χ4n) is 1.37. The number of allylic oxidation sites excluding steroid dienone is 3. The summed E-state index contributed by atoms with van der Waals surface area (Å²) in [5, 5.41) is 11.0. The Morgan fingerprint density at radius 3 is 2.95 bits per heavy atom. The molecule has 0 aromatic rings. The number of hydrogen-bond donors (Lipinski definition) is 3. The van der Waals surface area contributed by atoms with Crippen LogP contribution in [-0.4, -0.2) is 37.1 Å². The standard InChI is InChI=1S/C12H16N2O5.Na.H/c1-18-11(16)10(13)14-12(17)19-7-9-4-2-3-8(5-9)6-15;;/h2,4-6,10,15H,3,7,13H2,1H3,(H,14,17);;/q;+1;-1. The van der Waals surface area contributed by atoms with Gasteiger partial charge in [-0.3, -0.25) is 5.32 Å². The van der Waals surface area contributed by atoms with Crippen molar-refractivity contribution >= 4 is 12.1 Å². The molecule has 1 amide bonds. The van der Waals surface area contributed by atoms with Gasteiger partial charge in [-0.15, -0.1) is 0 Å². The predicted molar refractivity (Wildman–Crippen MR) is 68.1 cm³/mol. The maximum Gasteiger partial charge on any atom is 1.00 e. The molecule has 1 aliphatic rings. The third kappa shape index (κ3) is 6.25. The number of amides is 1. The predicted octanol–water partition coefficient (Wildman–Crippen LogP) is -2.38. The summed E-state index contributed by atoms with van der Waals surface area (Å²) in [5.74, 6) is -0.765. The van der Waals surface area contributed by atoms with Crippen LogP contribution in [0.25, 0.3) is 0 Å². The minimum Gasteiger partial charge on any atom is -1.00 e. The Morgan fingerprint density at radius 1 is 1.65 bits per heavy atom. The Bertz CT molecular complexity index is 451. The maximum absolute atomic E-state index is 11.3. The van der Waals surface area contributed by atoms with Gasteiger partial charge in [0.25, 0.3) is 0 Å². The molecular weight excluding hydrogens is 275 g/mol. The summed E-state index contributed by atoms with van der Waals surface area (Å²) in [7, 11) is 1.16. The summed E-state index contributed by atoms with van der Waals surface area (Å²) in [6.45, 7) is 0.00751. The van der Waals surface area contributed by atoms with Gasteiger partial charge in [0.15, 0.2) is 6.17 Å². The number of hydrogen-bond acceptors (Lipinski definition) is 6. The normalized spacial score (nSPS) is 16.7. The van der Waals surface area contributed by atoms with Gasteiger partial charge in [0.05, 0.1) is 13.4 Å². The van der Waals surface area contributed by atoms with Gasteiger partial charge < -0.3 is 21.7 Å². The van der Waals surface area contributed by atoms with Gasteiger partial charge >= 0.3 is 41.6 Å². The van der Waals surface area contributed by atoms with Crippen molar-refractivity contribution in [1.29, 1.82) is 0 Å². The van der Waals surface area contributed by atoms with Crippen molar-refractivity contribution in [2.24, 2.45) is 5.73 Å². The van der Waals surface area contributed by atoms with Crippen LogP contribution in [0.1, 0.15) is 7.85 Å². The number of aliphatic hydroxyl groups excluding tert-OH is 1. The van der Waals surface area contributed by atoms with Crippen molar-refractivity contribution < 1.29 is 55.2 Å². The first-order valence-corrected chi connectivity index (χ1v) is 5.54. The van der Waals surface area contributed by atoms with Crippen LogP contribution in [0.5, 0.6) is 0 Å². The number of alkyl carbamates (subject to hydrolysis) is 1. The van der Waals surface area contributed by atoms with Crippen LogP contribution in [0.15, 0.2) is 35.6 Å². The molecule has 1 atom stereocenters. The monoisotopic (exact) mass is 292 g/mol. The average molecular weight is 292 g/mol. The molecule has 0 spiro atoms. The molecule has 8 heteroatoms. The van der Waals surface area contributed by atoms with E-state index in [2.05, 4.69) is 10.1 Å². The van der Waals surface area contributed by atoms with Crippen molar-refractivity contribution in [1.82, 2.24) is 5.32 Å². The summed E-state index contributed by atoms with van der Waals surface area (Å²) in [5.41, 5.74) is 6.76. The van der Waals surface area contributed by atoms with Gasteiger partial charge in [0.1, 0.15) is 6.61 Å². The number of methoxy groups -OCH3 is 1. The van der Waals surface area contributed by atoms with Gasteiger partial charge in [-0.1, -0.05) is 12.2 Å². The number of aliphatic hydroxyl groups is 1. The summed E-state index contributed by atoms with van der Waals surface area (Å²) in [6.07, 6.45) is 4.84. The fraction of sp³-hybridized carbons (Fsp3) is 0.333. The number of nitrogens with one attached hydrogen (secondary N) is 1. The molecule has 106 valence electrons. The van der Waals surface area contributed by atoms with Crippen molar-refractivity contribution in [2.75, 3.05) is 13.7 Å². The second-order valence-electron chi connectivity index (χ2n) is 3.75. The molecule has 1 rings (SSSR count). The quantitative estimate of drug-likeness (QED) is 0.231. The van der Waals surface area contributed by atoms with Crippen LogP contribution in [0, 0.1) is 0 Å². The molecule has 20 heavy (non-hydrogen) atoms. The molecule has 1 unspecified atom stereocenters. The first-order valence-electron chi connectivity index (χ1n) is 5.54. The molecule has 0 saturated carbocycles. The van der Waals surface area contributed by atoms with E-state index in [4.69, 9.17) is 15.6 Å². The van der Waals surface area contributed by atoms with Gasteiger partial charge in [-0.25, -0.2) is 9.59 Å². The molecule has 0 saturated heterocycles. The van der Waals surface area contributed by atoms with E-state index in [1.165, 1.54) is 0 Å². The second kappa shape index (κ2) is 9.60. The summed E-state index contributed by atoms with van der Waals surface area (Å²) >= 11 is 0. The first kappa shape index (κ1) is 18.7. The summed E-state index contributed by atoms with van der Waals surface area (Å²) in [4.78, 5) is 22.3. The number of esters is 1. The maximum atomic E-state index is 11.3. The van der Waals surface area contributed by atoms with E-state index in [9.17, 15) is 9.59 Å². The van der Waals surface area contributed by atoms with E-state index in [-0.39, 0.29) is 37.6 Å². The van der Waals surface area contributed by atoms with E-state index in [0.717, 1.165) is 13.4 Å². The zero-order valence-corrected chi connectivity index (χ0v) is 13.5. The zero-order valence-electron chi connectivity index (χ0n) is 12.5. The van der Waals surface area contributed by atoms with Crippen LogP contribution < -0.4 is 40.6 Å². The number of carbonyl (C=O) groups is 2. The van der Waals surface area contributed by atoms with Crippen molar-refractivity contribution in [3.05, 3.63) is 35.6 Å². The Kier molecular flexibility index (Phi) is 8.98. The van der Waals surface area contributed by atoms with E-state index in [1.54, 1.807) is 12.2 Å². The Balaban J connectivity index is 0. The SMILES string of the molecule is COC(=O)C(N)NC(=O)OCC1=CC(=CO)CC=C1.[H-].[Na+]. The Morgan fingerprint density at radius 2 is 2.35 bits per heavy atom. The summed E-state index contributed by atoms with van der Waals surface area (Å²) < 4.78 is 9.22. The molecule has 0 fully saturated rings. The Hall–Kier alpha value is -1.28. The van der Waals surface area contributed by atoms with Gasteiger partial charge in [-0.2, -0.15) is 0 Å². The van der Waals surface area contributed by atoms with Crippen molar-refractivity contribution in [3.63, 3.8) is 0 Å². The molecule has 0 aliphatic heterocycles. The van der Waals surface area contributed by atoms with Crippen LogP contribution in [0.4, 0.5) is 4.79 Å². The van der Waals surface area contributed by atoms with Crippen LogP contribution >= 0.6 is 0 Å². The minimum absolute atomic E-state index is 0. The van der Waals surface area contributed by atoms with Crippen LogP contribution in [-0.2, 0) is 14.3 Å². The van der Waals surface area contributed by atoms with Crippen LogP contribution in [0.3, 0.4) is 0 Å². The fourth-order valence-corrected chi connectivity index (χ4v) is 1.37. The molecule has 0 aromatic heterocycles. The van der Waals surface area contributed by atoms with Gasteiger partial charge in [0, 0.05) is 0 Å². The minimum atomic E-state index is -1.26. The van der Waals surface area contributed by atoms with Crippen LogP contribution in [0.2, 0.25) is 0 Å². The largest absolute Gasteiger partial charge is 1.00 e. The van der Waals surface area contributed by atoms with E-state index in [1.807, 2.05) is 6.08 Å². The molecule has 1 aliphatic carbocycles. The number of carbonyl (C=O) groups excluding carboxylic acids is 2. The van der Waals surface area contributed by atoms with Gasteiger partial charge in [0.2, 0.25) is 0 Å². The number of rotatable bonds is 4. The van der Waals surface area contributed by atoms with Gasteiger partial charge in [-0.05, 0) is 23.6 Å². The molecular formula is C12H17N2NaO5. The zero-order chi connectivity index (χ0) is 14.3. The van der Waals surface area contributed by atoms with E-state index >= 15 is 0 Å².